The lowest BCUT2D eigenvalue weighted by Gasteiger charge is -2.38. The van der Waals surface area contributed by atoms with Gasteiger partial charge in [0, 0.05) is 19.3 Å². The number of hydrogen-bond acceptors (Lipinski definition) is 3. The largest absolute Gasteiger partial charge is 0.381 e. The number of carbonyl (C=O) groups excluding carboxylic acids is 1. The van der Waals surface area contributed by atoms with E-state index >= 15 is 0 Å². The van der Waals surface area contributed by atoms with E-state index in [0.29, 0.717) is 19.3 Å². The first-order valence-electron chi connectivity index (χ1n) is 11.7. The lowest BCUT2D eigenvalue weighted by atomic mass is 9.74. The summed E-state index contributed by atoms with van der Waals surface area (Å²) in [4.78, 5) is 15.8. The van der Waals surface area contributed by atoms with E-state index < -0.39 is 0 Å². The van der Waals surface area contributed by atoms with Crippen LogP contribution in [0.1, 0.15) is 42.4 Å². The summed E-state index contributed by atoms with van der Waals surface area (Å²) >= 11 is 0. The molecular weight excluding hydrogens is 384 g/mol. The first kappa shape index (κ1) is 22.0. The van der Waals surface area contributed by atoms with Gasteiger partial charge < -0.3 is 15.0 Å². The Morgan fingerprint density at radius 3 is 2.23 bits per heavy atom. The highest BCUT2D eigenvalue weighted by Crippen LogP contribution is 2.36. The molecule has 166 valence electrons. The Hall–Kier alpha value is -2.17. The number of aryl methyl sites for hydroxylation is 2. The molecule has 2 aromatic rings. The van der Waals surface area contributed by atoms with Crippen molar-refractivity contribution >= 4 is 5.91 Å². The van der Waals surface area contributed by atoms with E-state index in [1.807, 2.05) is 0 Å². The third-order valence-electron chi connectivity index (χ3n) is 7.04. The number of nitrogens with zero attached hydrogens (tertiary/aromatic N) is 1. The lowest BCUT2D eigenvalue weighted by Crippen LogP contribution is -2.51. The van der Waals surface area contributed by atoms with Gasteiger partial charge in [0.1, 0.15) is 0 Å². The van der Waals surface area contributed by atoms with Crippen molar-refractivity contribution < 1.29 is 9.53 Å². The van der Waals surface area contributed by atoms with Crippen LogP contribution in [0.5, 0.6) is 0 Å². The van der Waals surface area contributed by atoms with Crippen LogP contribution < -0.4 is 5.32 Å². The number of rotatable bonds is 5. The van der Waals surface area contributed by atoms with E-state index in [-0.39, 0.29) is 11.3 Å². The van der Waals surface area contributed by atoms with Crippen molar-refractivity contribution in [2.45, 2.75) is 52.0 Å². The predicted octanol–water partition coefficient (Wildman–Crippen LogP) is 4.52. The van der Waals surface area contributed by atoms with Crippen molar-refractivity contribution in [3.8, 4) is 11.1 Å². The van der Waals surface area contributed by atoms with Crippen molar-refractivity contribution in [3.63, 3.8) is 0 Å². The molecule has 2 saturated heterocycles. The Labute approximate surface area is 187 Å². The van der Waals surface area contributed by atoms with Crippen LogP contribution in [-0.2, 0) is 16.0 Å². The van der Waals surface area contributed by atoms with Crippen LogP contribution >= 0.6 is 0 Å². The molecule has 4 heteroatoms. The summed E-state index contributed by atoms with van der Waals surface area (Å²) in [5, 5.41) is 3.40. The lowest BCUT2D eigenvalue weighted by molar-refractivity contribution is -0.137. The van der Waals surface area contributed by atoms with Gasteiger partial charge in [0.05, 0.1) is 5.41 Å². The third kappa shape index (κ3) is 5.36. The molecule has 0 aliphatic carbocycles. The van der Waals surface area contributed by atoms with E-state index in [1.165, 1.54) is 27.8 Å². The van der Waals surface area contributed by atoms with Crippen LogP contribution in [0, 0.1) is 19.3 Å². The quantitative estimate of drug-likeness (QED) is 0.773. The molecule has 1 N–H and O–H groups in total. The molecule has 1 amide bonds. The fourth-order valence-electron chi connectivity index (χ4n) is 5.08. The Balaban J connectivity index is 1.49. The summed E-state index contributed by atoms with van der Waals surface area (Å²) in [6, 6.07) is 15.8. The standard InChI is InChI=1S/C27H36N2O2/c1-20-16-21(2)18-24(17-20)23-6-4-22(5-7-23)19-27(10-14-31-15-11-27)26(30)28-25-8-12-29(3)13-9-25/h4-7,16-18,25H,8-15,19H2,1-3H3,(H,28,30). The molecule has 2 aliphatic rings. The van der Waals surface area contributed by atoms with Crippen molar-refractivity contribution in [3.05, 3.63) is 59.2 Å². The minimum absolute atomic E-state index is 0.226. The normalized spacial score (nSPS) is 19.8. The van der Waals surface area contributed by atoms with Gasteiger partial charge in [0.2, 0.25) is 5.91 Å². The number of likely N-dealkylation sites (tertiary alicyclic amines) is 1. The Bertz CT molecular complexity index is 872. The smallest absolute Gasteiger partial charge is 0.226 e. The fraction of sp³-hybridized carbons (Fsp3) is 0.519. The second kappa shape index (κ2) is 9.54. The first-order valence-corrected chi connectivity index (χ1v) is 11.7. The number of ether oxygens (including phenoxy) is 1. The molecule has 2 aromatic carbocycles. The Morgan fingerprint density at radius 2 is 1.61 bits per heavy atom. The maximum atomic E-state index is 13.5. The topological polar surface area (TPSA) is 41.6 Å². The summed E-state index contributed by atoms with van der Waals surface area (Å²) < 4.78 is 5.63. The maximum absolute atomic E-state index is 13.5. The maximum Gasteiger partial charge on any atom is 0.226 e. The Kier molecular flexibility index (Phi) is 6.78. The summed E-state index contributed by atoms with van der Waals surface area (Å²) in [7, 11) is 2.15. The van der Waals surface area contributed by atoms with Crippen molar-refractivity contribution in [2.75, 3.05) is 33.4 Å². The molecule has 0 aromatic heterocycles. The molecule has 0 spiro atoms. The molecule has 4 nitrogen and oxygen atoms in total. The molecule has 2 fully saturated rings. The number of carbonyl (C=O) groups is 1. The molecule has 0 bridgehead atoms. The van der Waals surface area contributed by atoms with Crippen LogP contribution in [0.4, 0.5) is 0 Å². The minimum atomic E-state index is -0.358. The first-order chi connectivity index (χ1) is 14.9. The van der Waals surface area contributed by atoms with Gasteiger partial charge in [0.15, 0.2) is 0 Å². The van der Waals surface area contributed by atoms with Gasteiger partial charge in [-0.3, -0.25) is 4.79 Å². The zero-order valence-electron chi connectivity index (χ0n) is 19.2. The van der Waals surface area contributed by atoms with Gasteiger partial charge in [-0.1, -0.05) is 53.6 Å². The zero-order valence-corrected chi connectivity index (χ0v) is 19.2. The molecule has 2 aliphatic heterocycles. The van der Waals surface area contributed by atoms with E-state index in [0.717, 1.165) is 45.2 Å². The van der Waals surface area contributed by atoms with Gasteiger partial charge in [-0.05, 0) is 82.8 Å². The third-order valence-corrected chi connectivity index (χ3v) is 7.04. The van der Waals surface area contributed by atoms with Crippen LogP contribution in [0.2, 0.25) is 0 Å². The highest BCUT2D eigenvalue weighted by molar-refractivity contribution is 5.83. The van der Waals surface area contributed by atoms with Crippen LogP contribution in [0.25, 0.3) is 11.1 Å². The van der Waals surface area contributed by atoms with Crippen molar-refractivity contribution in [1.29, 1.82) is 0 Å². The van der Waals surface area contributed by atoms with E-state index in [2.05, 4.69) is 73.6 Å². The molecule has 31 heavy (non-hydrogen) atoms. The highest BCUT2D eigenvalue weighted by atomic mass is 16.5. The number of benzene rings is 2. The average Bonchev–Trinajstić information content (AvgIpc) is 2.76. The van der Waals surface area contributed by atoms with Crippen LogP contribution in [0.3, 0.4) is 0 Å². The summed E-state index contributed by atoms with van der Waals surface area (Å²) in [6.45, 7) is 7.73. The molecule has 0 atom stereocenters. The highest BCUT2D eigenvalue weighted by Gasteiger charge is 2.41. The predicted molar refractivity (Wildman–Crippen MR) is 126 cm³/mol. The van der Waals surface area contributed by atoms with Gasteiger partial charge in [-0.25, -0.2) is 0 Å². The van der Waals surface area contributed by atoms with E-state index in [4.69, 9.17) is 4.74 Å². The van der Waals surface area contributed by atoms with E-state index in [1.54, 1.807) is 0 Å². The van der Waals surface area contributed by atoms with Gasteiger partial charge in [-0.15, -0.1) is 0 Å². The number of piperidine rings is 1. The zero-order chi connectivity index (χ0) is 21.8. The molecule has 0 unspecified atom stereocenters. The monoisotopic (exact) mass is 420 g/mol. The summed E-state index contributed by atoms with van der Waals surface area (Å²) in [6.07, 6.45) is 4.45. The number of nitrogens with one attached hydrogen (secondary N) is 1. The average molecular weight is 421 g/mol. The van der Waals surface area contributed by atoms with Gasteiger partial charge >= 0.3 is 0 Å². The number of hydrogen-bond donors (Lipinski definition) is 1. The molecular formula is C27H36N2O2. The van der Waals surface area contributed by atoms with Crippen molar-refractivity contribution in [1.82, 2.24) is 10.2 Å². The second-order valence-electron chi connectivity index (χ2n) is 9.69. The van der Waals surface area contributed by atoms with E-state index in [9.17, 15) is 4.79 Å². The minimum Gasteiger partial charge on any atom is -0.381 e. The molecule has 4 rings (SSSR count). The molecule has 0 radical (unpaired) electrons. The Morgan fingerprint density at radius 1 is 1.00 bits per heavy atom. The fourth-order valence-corrected chi connectivity index (χ4v) is 5.08. The summed E-state index contributed by atoms with van der Waals surface area (Å²) in [5.41, 5.74) is 5.92. The van der Waals surface area contributed by atoms with Gasteiger partial charge in [0.25, 0.3) is 0 Å². The van der Waals surface area contributed by atoms with Crippen LogP contribution in [-0.4, -0.2) is 50.2 Å². The molecule has 0 saturated carbocycles. The number of amides is 1. The van der Waals surface area contributed by atoms with Gasteiger partial charge in [-0.2, -0.15) is 0 Å². The SMILES string of the molecule is Cc1cc(C)cc(-c2ccc(CC3(C(=O)NC4CCN(C)CC4)CCOCC3)cc2)c1. The summed E-state index contributed by atoms with van der Waals surface area (Å²) in [5.74, 6) is 0.226. The van der Waals surface area contributed by atoms with Crippen LogP contribution in [0.15, 0.2) is 42.5 Å². The van der Waals surface area contributed by atoms with Crippen molar-refractivity contribution in [2.24, 2.45) is 5.41 Å². The molecule has 2 heterocycles. The second-order valence-corrected chi connectivity index (χ2v) is 9.69.